The Bertz CT molecular complexity index is 1070. The molecule has 3 aromatic rings. The van der Waals surface area contributed by atoms with Gasteiger partial charge in [-0.15, -0.1) is 0 Å². The Hall–Kier alpha value is -2.36. The predicted octanol–water partition coefficient (Wildman–Crippen LogP) is 6.99. The van der Waals surface area contributed by atoms with Crippen molar-refractivity contribution in [3.05, 3.63) is 99.8 Å². The fourth-order valence-electron chi connectivity index (χ4n) is 4.96. The number of piperidine rings is 1. The minimum atomic E-state index is -0.0930. The Balaban J connectivity index is 1.64. The number of halogens is 2. The summed E-state index contributed by atoms with van der Waals surface area (Å²) in [6, 6.07) is 21.9. The molecule has 0 spiro atoms. The zero-order valence-electron chi connectivity index (χ0n) is 17.1. The first-order valence-electron chi connectivity index (χ1n) is 10.8. The third kappa shape index (κ3) is 4.22. The molecule has 0 bridgehead atoms. The molecule has 1 saturated carbocycles. The Morgan fingerprint density at radius 2 is 1.68 bits per heavy atom. The monoisotopic (exact) mass is 450 g/mol. The molecule has 1 aliphatic heterocycles. The van der Waals surface area contributed by atoms with Gasteiger partial charge in [0.05, 0.1) is 17.8 Å². The molecule has 5 heteroatoms. The van der Waals surface area contributed by atoms with E-state index in [1.165, 1.54) is 5.56 Å². The maximum Gasteiger partial charge on any atom is 0.223 e. The van der Waals surface area contributed by atoms with Gasteiger partial charge in [-0.1, -0.05) is 53.5 Å². The van der Waals surface area contributed by atoms with E-state index in [1.54, 1.807) is 0 Å². The molecule has 2 aliphatic rings. The second-order valence-corrected chi connectivity index (χ2v) is 9.41. The van der Waals surface area contributed by atoms with E-state index in [-0.39, 0.29) is 23.9 Å². The molecule has 158 valence electrons. The zero-order valence-corrected chi connectivity index (χ0v) is 18.6. The lowest BCUT2D eigenvalue weighted by Gasteiger charge is -2.46. The van der Waals surface area contributed by atoms with Crippen LogP contribution in [0, 0.1) is 5.92 Å². The lowest BCUT2D eigenvalue weighted by atomic mass is 9.78. The maximum atomic E-state index is 13.5. The van der Waals surface area contributed by atoms with Crippen molar-refractivity contribution >= 4 is 29.1 Å². The SMILES string of the molecule is O=C1CCC(c2cccc(Cl)c2)[C@@H](c2ccc(Cl)cc2)N1[C@H](c1ccccn1)C1CC1. The number of benzene rings is 2. The van der Waals surface area contributed by atoms with Crippen molar-refractivity contribution in [2.24, 2.45) is 5.92 Å². The van der Waals surface area contributed by atoms with E-state index >= 15 is 0 Å². The number of amides is 1. The van der Waals surface area contributed by atoms with Crippen molar-refractivity contribution in [1.82, 2.24) is 9.88 Å². The van der Waals surface area contributed by atoms with Gasteiger partial charge in [0.15, 0.2) is 0 Å². The van der Waals surface area contributed by atoms with Crippen LogP contribution in [-0.4, -0.2) is 15.8 Å². The van der Waals surface area contributed by atoms with Crippen LogP contribution >= 0.6 is 23.2 Å². The van der Waals surface area contributed by atoms with Crippen LogP contribution in [0.2, 0.25) is 10.0 Å². The number of carbonyl (C=O) groups is 1. The van der Waals surface area contributed by atoms with E-state index in [9.17, 15) is 4.79 Å². The fraction of sp³-hybridized carbons (Fsp3) is 0.308. The molecule has 5 rings (SSSR count). The van der Waals surface area contributed by atoms with E-state index in [4.69, 9.17) is 23.2 Å². The molecular weight excluding hydrogens is 427 g/mol. The van der Waals surface area contributed by atoms with Crippen LogP contribution in [-0.2, 0) is 4.79 Å². The van der Waals surface area contributed by atoms with Gasteiger partial charge < -0.3 is 4.90 Å². The van der Waals surface area contributed by atoms with E-state index in [0.717, 1.165) is 35.5 Å². The minimum Gasteiger partial charge on any atom is -0.326 e. The van der Waals surface area contributed by atoms with Gasteiger partial charge in [-0.2, -0.15) is 0 Å². The molecule has 0 N–H and O–H groups in total. The van der Waals surface area contributed by atoms with Crippen LogP contribution in [0.25, 0.3) is 0 Å². The molecule has 3 atom stereocenters. The molecule has 3 nitrogen and oxygen atoms in total. The molecule has 1 amide bonds. The molecular formula is C26H24Cl2N2O. The summed E-state index contributed by atoms with van der Waals surface area (Å²) in [6.45, 7) is 0. The van der Waals surface area contributed by atoms with E-state index in [0.29, 0.717) is 17.4 Å². The number of aromatic nitrogens is 1. The molecule has 2 fully saturated rings. The second-order valence-electron chi connectivity index (χ2n) is 8.53. The Morgan fingerprint density at radius 3 is 2.35 bits per heavy atom. The highest BCUT2D eigenvalue weighted by molar-refractivity contribution is 6.30. The highest BCUT2D eigenvalue weighted by atomic mass is 35.5. The molecule has 1 aliphatic carbocycles. The van der Waals surface area contributed by atoms with E-state index in [2.05, 4.69) is 34.1 Å². The summed E-state index contributed by atoms with van der Waals surface area (Å²) >= 11 is 12.6. The van der Waals surface area contributed by atoms with Gasteiger partial charge in [-0.05, 0) is 72.7 Å². The first-order chi connectivity index (χ1) is 15.1. The molecule has 2 aromatic carbocycles. The van der Waals surface area contributed by atoms with E-state index in [1.807, 2.05) is 48.7 Å². The first kappa shape index (κ1) is 20.5. The van der Waals surface area contributed by atoms with Gasteiger partial charge in [0.2, 0.25) is 5.91 Å². The minimum absolute atomic E-state index is 0.0173. The van der Waals surface area contributed by atoms with Crippen LogP contribution < -0.4 is 0 Å². The van der Waals surface area contributed by atoms with Gasteiger partial charge >= 0.3 is 0 Å². The average Bonchev–Trinajstić information content (AvgIpc) is 3.62. The molecule has 1 aromatic heterocycles. The second kappa shape index (κ2) is 8.64. The molecule has 1 unspecified atom stereocenters. The van der Waals surface area contributed by atoms with Crippen LogP contribution in [0.3, 0.4) is 0 Å². The lowest BCUT2D eigenvalue weighted by molar-refractivity contribution is -0.142. The van der Waals surface area contributed by atoms with Crippen LogP contribution in [0.4, 0.5) is 0 Å². The standard InChI is InChI=1S/C26H24Cl2N2O/c27-20-11-9-17(10-12-20)25-22(19-4-3-5-21(28)16-19)13-14-24(31)30(25)26(18-7-8-18)23-6-1-2-15-29-23/h1-6,9-12,15-16,18,22,25-26H,7-8,13-14H2/t22?,25-,26+/m1/s1. The third-order valence-corrected chi connectivity index (χ3v) is 6.97. The predicted molar refractivity (Wildman–Crippen MR) is 124 cm³/mol. The Morgan fingerprint density at radius 1 is 0.871 bits per heavy atom. The number of rotatable bonds is 5. The molecule has 0 radical (unpaired) electrons. The number of pyridine rings is 1. The summed E-state index contributed by atoms with van der Waals surface area (Å²) < 4.78 is 0. The average molecular weight is 451 g/mol. The first-order valence-corrected chi connectivity index (χ1v) is 11.6. The third-order valence-electron chi connectivity index (χ3n) is 6.49. The lowest BCUT2D eigenvalue weighted by Crippen LogP contribution is -2.45. The van der Waals surface area contributed by atoms with Crippen molar-refractivity contribution in [3.63, 3.8) is 0 Å². The largest absolute Gasteiger partial charge is 0.326 e. The summed E-state index contributed by atoms with van der Waals surface area (Å²) in [6.07, 6.45) is 5.39. The molecule has 1 saturated heterocycles. The topological polar surface area (TPSA) is 33.2 Å². The van der Waals surface area contributed by atoms with Gasteiger partial charge in [-0.3, -0.25) is 9.78 Å². The molecule has 2 heterocycles. The maximum absolute atomic E-state index is 13.5. The van der Waals surface area contributed by atoms with Crippen molar-refractivity contribution in [2.45, 2.75) is 43.7 Å². The van der Waals surface area contributed by atoms with Gasteiger partial charge in [-0.25, -0.2) is 0 Å². The van der Waals surface area contributed by atoms with Crippen LogP contribution in [0.5, 0.6) is 0 Å². The van der Waals surface area contributed by atoms with Crippen LogP contribution in [0.1, 0.15) is 60.5 Å². The van der Waals surface area contributed by atoms with Gasteiger partial charge in [0, 0.05) is 28.6 Å². The summed E-state index contributed by atoms with van der Waals surface area (Å²) in [5, 5.41) is 1.42. The Kier molecular flexibility index (Phi) is 5.73. The number of carbonyl (C=O) groups excluding carboxylic acids is 1. The summed E-state index contributed by atoms with van der Waals surface area (Å²) in [7, 11) is 0. The van der Waals surface area contributed by atoms with Crippen molar-refractivity contribution < 1.29 is 4.79 Å². The van der Waals surface area contributed by atoms with E-state index < -0.39 is 0 Å². The summed E-state index contributed by atoms with van der Waals surface area (Å²) in [5.41, 5.74) is 3.24. The number of likely N-dealkylation sites (tertiary alicyclic amines) is 1. The highest BCUT2D eigenvalue weighted by Gasteiger charge is 2.47. The fourth-order valence-corrected chi connectivity index (χ4v) is 5.28. The smallest absolute Gasteiger partial charge is 0.223 e. The van der Waals surface area contributed by atoms with Gasteiger partial charge in [0.1, 0.15) is 0 Å². The van der Waals surface area contributed by atoms with Crippen molar-refractivity contribution in [2.75, 3.05) is 0 Å². The zero-order chi connectivity index (χ0) is 21.4. The number of hydrogen-bond donors (Lipinski definition) is 0. The highest BCUT2D eigenvalue weighted by Crippen LogP contribution is 2.52. The number of hydrogen-bond acceptors (Lipinski definition) is 2. The quantitative estimate of drug-likeness (QED) is 0.419. The summed E-state index contributed by atoms with van der Waals surface area (Å²) in [4.78, 5) is 20.3. The molecule has 31 heavy (non-hydrogen) atoms. The van der Waals surface area contributed by atoms with Crippen molar-refractivity contribution in [3.8, 4) is 0 Å². The van der Waals surface area contributed by atoms with Gasteiger partial charge in [0.25, 0.3) is 0 Å². The number of nitrogens with zero attached hydrogens (tertiary/aromatic N) is 2. The van der Waals surface area contributed by atoms with Crippen molar-refractivity contribution in [1.29, 1.82) is 0 Å². The Labute approximate surface area is 193 Å². The summed E-state index contributed by atoms with van der Waals surface area (Å²) in [5.74, 6) is 0.801. The normalized spacial score (nSPS) is 22.4. The van der Waals surface area contributed by atoms with Crippen LogP contribution in [0.15, 0.2) is 72.9 Å².